The molecule has 2 aromatic carbocycles. The maximum Gasteiger partial charge on any atom is 0.103 e. The summed E-state index contributed by atoms with van der Waals surface area (Å²) in [5, 5.41) is 15.6. The lowest BCUT2D eigenvalue weighted by Gasteiger charge is -2.10. The number of benzene rings is 2. The van der Waals surface area contributed by atoms with Crippen LogP contribution in [-0.2, 0) is 5.88 Å². The van der Waals surface area contributed by atoms with Crippen LogP contribution in [0.25, 0.3) is 16.9 Å². The van der Waals surface area contributed by atoms with Crippen molar-refractivity contribution in [3.8, 4) is 23.0 Å². The molecule has 0 amide bonds. The van der Waals surface area contributed by atoms with Crippen molar-refractivity contribution in [3.05, 3.63) is 68.8 Å². The Hall–Kier alpha value is -1.70. The Kier molecular flexibility index (Phi) is 5.03. The Labute approximate surface area is 158 Å². The van der Waals surface area contributed by atoms with E-state index in [1.54, 1.807) is 35.0 Å². The fourth-order valence-electron chi connectivity index (χ4n) is 2.38. The second-order valence-corrected chi connectivity index (χ2v) is 6.48. The highest BCUT2D eigenvalue weighted by Gasteiger charge is 2.21. The smallest absolute Gasteiger partial charge is 0.103 e. The van der Waals surface area contributed by atoms with Gasteiger partial charge in [-0.3, -0.25) is 0 Å². The van der Waals surface area contributed by atoms with Gasteiger partial charge in [0.2, 0.25) is 0 Å². The fourth-order valence-corrected chi connectivity index (χ4v) is 3.18. The zero-order valence-electron chi connectivity index (χ0n) is 12.1. The van der Waals surface area contributed by atoms with Crippen LogP contribution < -0.4 is 0 Å². The Bertz CT molecular complexity index is 940. The van der Waals surface area contributed by atoms with Crippen LogP contribution in [0.4, 0.5) is 0 Å². The number of aromatic nitrogens is 2. The van der Waals surface area contributed by atoms with E-state index in [1.165, 1.54) is 0 Å². The van der Waals surface area contributed by atoms with Crippen LogP contribution in [-0.4, -0.2) is 9.78 Å². The predicted octanol–water partition coefficient (Wildman–Crippen LogP) is 6.11. The minimum Gasteiger partial charge on any atom is -0.230 e. The Morgan fingerprint density at radius 3 is 2.25 bits per heavy atom. The fraction of sp³-hybridized carbons (Fsp3) is 0.0588. The molecule has 3 aromatic rings. The Morgan fingerprint density at radius 2 is 1.67 bits per heavy atom. The van der Waals surface area contributed by atoms with Gasteiger partial charge in [0.1, 0.15) is 11.6 Å². The van der Waals surface area contributed by atoms with Crippen LogP contribution in [0.5, 0.6) is 0 Å². The molecule has 0 unspecified atom stereocenters. The molecular formula is C17H9Cl4N3. The first-order valence-electron chi connectivity index (χ1n) is 6.84. The SMILES string of the molecule is N#Cc1c(CCl)nn(-c2ccc(Cl)cc2Cl)c1-c1ccc(Cl)cc1. The molecule has 0 aliphatic heterocycles. The molecule has 0 aliphatic carbocycles. The monoisotopic (exact) mass is 395 g/mol. The lowest BCUT2D eigenvalue weighted by molar-refractivity contribution is 0.865. The summed E-state index contributed by atoms with van der Waals surface area (Å²) in [6.07, 6.45) is 0. The lowest BCUT2D eigenvalue weighted by Crippen LogP contribution is -2.01. The van der Waals surface area contributed by atoms with Gasteiger partial charge in [-0.15, -0.1) is 11.6 Å². The summed E-state index contributed by atoms with van der Waals surface area (Å²) >= 11 is 24.2. The summed E-state index contributed by atoms with van der Waals surface area (Å²) in [7, 11) is 0. The molecule has 24 heavy (non-hydrogen) atoms. The maximum absolute atomic E-state index is 9.58. The number of hydrogen-bond donors (Lipinski definition) is 0. The quantitative estimate of drug-likeness (QED) is 0.501. The van der Waals surface area contributed by atoms with Crippen molar-refractivity contribution in [3.63, 3.8) is 0 Å². The average molecular weight is 397 g/mol. The highest BCUT2D eigenvalue weighted by atomic mass is 35.5. The van der Waals surface area contributed by atoms with E-state index in [2.05, 4.69) is 11.2 Å². The molecule has 120 valence electrons. The molecule has 1 heterocycles. The van der Waals surface area contributed by atoms with Gasteiger partial charge in [-0.05, 0) is 30.3 Å². The van der Waals surface area contributed by atoms with Gasteiger partial charge in [-0.25, -0.2) is 4.68 Å². The molecule has 3 rings (SSSR count). The van der Waals surface area contributed by atoms with Crippen LogP contribution >= 0.6 is 46.4 Å². The second kappa shape index (κ2) is 7.04. The third-order valence-corrected chi connectivity index (χ3v) is 4.49. The van der Waals surface area contributed by atoms with E-state index in [9.17, 15) is 5.26 Å². The minimum absolute atomic E-state index is 0.113. The van der Waals surface area contributed by atoms with Gasteiger partial charge in [0.15, 0.2) is 0 Å². The van der Waals surface area contributed by atoms with Gasteiger partial charge in [-0.2, -0.15) is 10.4 Å². The lowest BCUT2D eigenvalue weighted by atomic mass is 10.1. The molecule has 0 saturated carbocycles. The van der Waals surface area contributed by atoms with E-state index < -0.39 is 0 Å². The van der Waals surface area contributed by atoms with Crippen molar-refractivity contribution in [1.82, 2.24) is 9.78 Å². The summed E-state index contributed by atoms with van der Waals surface area (Å²) in [5.74, 6) is 0.113. The largest absolute Gasteiger partial charge is 0.230 e. The van der Waals surface area contributed by atoms with E-state index in [4.69, 9.17) is 46.4 Å². The molecule has 0 bridgehead atoms. The van der Waals surface area contributed by atoms with Crippen molar-refractivity contribution < 1.29 is 0 Å². The van der Waals surface area contributed by atoms with Gasteiger partial charge in [0, 0.05) is 15.6 Å². The van der Waals surface area contributed by atoms with E-state index in [-0.39, 0.29) is 5.88 Å². The first kappa shape index (κ1) is 17.1. The van der Waals surface area contributed by atoms with Crippen molar-refractivity contribution in [1.29, 1.82) is 5.26 Å². The molecular weight excluding hydrogens is 388 g/mol. The molecule has 3 nitrogen and oxygen atoms in total. The van der Waals surface area contributed by atoms with Gasteiger partial charge in [-0.1, -0.05) is 46.9 Å². The standard InChI is InChI=1S/C17H9Cl4N3/c18-8-15-13(9-22)17(10-1-3-11(19)4-2-10)24(23-15)16-6-5-12(20)7-14(16)21/h1-7H,8H2. The molecule has 0 N–H and O–H groups in total. The number of alkyl halides is 1. The summed E-state index contributed by atoms with van der Waals surface area (Å²) in [5.41, 5.74) is 2.88. The molecule has 0 spiro atoms. The number of nitriles is 1. The van der Waals surface area contributed by atoms with E-state index in [0.717, 1.165) is 5.56 Å². The third-order valence-electron chi connectivity index (χ3n) is 3.45. The van der Waals surface area contributed by atoms with E-state index in [0.29, 0.717) is 37.7 Å². The Morgan fingerprint density at radius 1 is 1.00 bits per heavy atom. The minimum atomic E-state index is 0.113. The van der Waals surface area contributed by atoms with Gasteiger partial charge in [0.05, 0.1) is 28.0 Å². The zero-order chi connectivity index (χ0) is 17.3. The molecule has 0 atom stereocenters. The highest BCUT2D eigenvalue weighted by Crippen LogP contribution is 2.33. The van der Waals surface area contributed by atoms with Crippen LogP contribution in [0, 0.1) is 11.3 Å². The number of halogens is 4. The van der Waals surface area contributed by atoms with E-state index >= 15 is 0 Å². The topological polar surface area (TPSA) is 41.6 Å². The normalized spacial score (nSPS) is 10.6. The molecule has 0 saturated heterocycles. The maximum atomic E-state index is 9.58. The molecule has 0 fully saturated rings. The van der Waals surface area contributed by atoms with Crippen molar-refractivity contribution >= 4 is 46.4 Å². The zero-order valence-corrected chi connectivity index (χ0v) is 15.1. The summed E-state index contributed by atoms with van der Waals surface area (Å²) in [6.45, 7) is 0. The van der Waals surface area contributed by atoms with Crippen molar-refractivity contribution in [2.75, 3.05) is 0 Å². The molecule has 7 heteroatoms. The molecule has 1 aromatic heterocycles. The summed E-state index contributed by atoms with van der Waals surface area (Å²) < 4.78 is 1.61. The van der Waals surface area contributed by atoms with Crippen molar-refractivity contribution in [2.24, 2.45) is 0 Å². The average Bonchev–Trinajstić information content (AvgIpc) is 2.94. The highest BCUT2D eigenvalue weighted by molar-refractivity contribution is 6.35. The molecule has 0 radical (unpaired) electrons. The van der Waals surface area contributed by atoms with E-state index in [1.807, 2.05) is 12.1 Å². The second-order valence-electron chi connectivity index (χ2n) is 4.93. The number of nitrogens with zero attached hydrogens (tertiary/aromatic N) is 3. The van der Waals surface area contributed by atoms with Crippen LogP contribution in [0.1, 0.15) is 11.3 Å². The first-order chi connectivity index (χ1) is 11.5. The Balaban J connectivity index is 2.32. The third kappa shape index (κ3) is 3.11. The van der Waals surface area contributed by atoms with Crippen molar-refractivity contribution in [2.45, 2.75) is 5.88 Å². The predicted molar refractivity (Wildman–Crippen MR) is 98.3 cm³/mol. The molecule has 0 aliphatic rings. The number of hydrogen-bond acceptors (Lipinski definition) is 2. The van der Waals surface area contributed by atoms with Gasteiger partial charge < -0.3 is 0 Å². The van der Waals surface area contributed by atoms with Crippen LogP contribution in [0.15, 0.2) is 42.5 Å². The van der Waals surface area contributed by atoms with Crippen LogP contribution in [0.2, 0.25) is 15.1 Å². The van der Waals surface area contributed by atoms with Gasteiger partial charge in [0.25, 0.3) is 0 Å². The van der Waals surface area contributed by atoms with Crippen LogP contribution in [0.3, 0.4) is 0 Å². The first-order valence-corrected chi connectivity index (χ1v) is 8.51. The van der Waals surface area contributed by atoms with Gasteiger partial charge >= 0.3 is 0 Å². The summed E-state index contributed by atoms with van der Waals surface area (Å²) in [6, 6.07) is 14.4. The summed E-state index contributed by atoms with van der Waals surface area (Å²) in [4.78, 5) is 0. The number of rotatable bonds is 3.